The molecule has 26 heavy (non-hydrogen) atoms. The maximum Gasteiger partial charge on any atom is 0.240 e. The third-order valence-corrected chi connectivity index (χ3v) is 5.10. The molecule has 3 N–H and O–H groups in total. The van der Waals surface area contributed by atoms with E-state index in [-0.39, 0.29) is 11.4 Å². The van der Waals surface area contributed by atoms with Gasteiger partial charge in [0, 0.05) is 18.8 Å². The Morgan fingerprint density at radius 1 is 1.08 bits per heavy atom. The zero-order chi connectivity index (χ0) is 19.2. The van der Waals surface area contributed by atoms with Gasteiger partial charge in [-0.15, -0.1) is 0 Å². The number of anilines is 1. The summed E-state index contributed by atoms with van der Waals surface area (Å²) in [7, 11) is 1.87. The lowest BCUT2D eigenvalue weighted by molar-refractivity contribution is 0.250. The average molecular weight is 379 g/mol. The van der Waals surface area contributed by atoms with Crippen LogP contribution in [0.25, 0.3) is 0 Å². The first-order valence-electron chi connectivity index (χ1n) is 8.11. The third kappa shape index (κ3) is 5.62. The Labute approximate surface area is 154 Å². The molecular weight excluding hydrogens is 354 g/mol. The van der Waals surface area contributed by atoms with Gasteiger partial charge in [-0.25, -0.2) is 13.1 Å². The van der Waals surface area contributed by atoms with Crippen LogP contribution in [0.1, 0.15) is 5.56 Å². The van der Waals surface area contributed by atoms with E-state index in [1.807, 2.05) is 19.0 Å². The van der Waals surface area contributed by atoms with Crippen molar-refractivity contribution in [1.29, 1.82) is 0 Å². The van der Waals surface area contributed by atoms with Crippen molar-refractivity contribution in [2.45, 2.75) is 11.4 Å². The molecule has 0 saturated carbocycles. The third-order valence-electron chi connectivity index (χ3n) is 3.68. The molecule has 0 radical (unpaired) electrons. The summed E-state index contributed by atoms with van der Waals surface area (Å²) in [6, 6.07) is 11.4. The van der Waals surface area contributed by atoms with Crippen molar-refractivity contribution >= 4 is 15.7 Å². The lowest BCUT2D eigenvalue weighted by Gasteiger charge is -2.15. The molecule has 0 bridgehead atoms. The highest BCUT2D eigenvalue weighted by Gasteiger charge is 2.14. The summed E-state index contributed by atoms with van der Waals surface area (Å²) in [4.78, 5) is 2.18. The first-order valence-corrected chi connectivity index (χ1v) is 9.60. The molecule has 0 unspecified atom stereocenters. The zero-order valence-electron chi connectivity index (χ0n) is 15.2. The number of likely N-dealkylation sites (N-methyl/N-ethyl adjacent to an activating group) is 1. The molecule has 2 rings (SSSR count). The molecule has 142 valence electrons. The van der Waals surface area contributed by atoms with Gasteiger partial charge in [0.05, 0.1) is 12.0 Å². The number of hydrogen-bond donors (Lipinski definition) is 2. The minimum absolute atomic E-state index is 0.140. The van der Waals surface area contributed by atoms with Crippen molar-refractivity contribution in [1.82, 2.24) is 9.62 Å². The van der Waals surface area contributed by atoms with E-state index in [9.17, 15) is 8.42 Å². The smallest absolute Gasteiger partial charge is 0.240 e. The van der Waals surface area contributed by atoms with Gasteiger partial charge in [-0.3, -0.25) is 0 Å². The molecule has 0 fully saturated rings. The Hall–Kier alpha value is -2.29. The first-order chi connectivity index (χ1) is 12.3. The number of methoxy groups -OCH3 is 1. The van der Waals surface area contributed by atoms with Crippen molar-refractivity contribution in [3.63, 3.8) is 0 Å². The molecule has 0 aromatic heterocycles. The normalized spacial score (nSPS) is 11.5. The maximum absolute atomic E-state index is 12.4. The van der Waals surface area contributed by atoms with Gasteiger partial charge >= 0.3 is 0 Å². The molecule has 0 aliphatic rings. The van der Waals surface area contributed by atoms with Crippen LogP contribution in [-0.4, -0.2) is 47.7 Å². The summed E-state index contributed by atoms with van der Waals surface area (Å²) in [5, 5.41) is 0. The fourth-order valence-electron chi connectivity index (χ4n) is 2.19. The molecule has 7 nitrogen and oxygen atoms in total. The number of nitrogens with one attached hydrogen (secondary N) is 1. The highest BCUT2D eigenvalue weighted by atomic mass is 32.2. The lowest BCUT2D eigenvalue weighted by atomic mass is 10.2. The van der Waals surface area contributed by atoms with E-state index in [0.29, 0.717) is 23.8 Å². The van der Waals surface area contributed by atoms with Crippen molar-refractivity contribution in [2.24, 2.45) is 0 Å². The predicted molar refractivity (Wildman–Crippen MR) is 102 cm³/mol. The Bertz CT molecular complexity index is 821. The van der Waals surface area contributed by atoms with Crippen LogP contribution in [-0.2, 0) is 16.6 Å². The minimum atomic E-state index is -3.62. The van der Waals surface area contributed by atoms with Crippen LogP contribution < -0.4 is 19.9 Å². The van der Waals surface area contributed by atoms with E-state index < -0.39 is 10.0 Å². The fourth-order valence-corrected chi connectivity index (χ4v) is 3.21. The Morgan fingerprint density at radius 3 is 2.38 bits per heavy atom. The molecule has 0 aliphatic heterocycles. The standard InChI is InChI=1S/C18H25N3O4S/c1-21(2)10-11-25-18-12-14(4-9-17(18)24-3)13-20-26(22,23)16-7-5-15(19)6-8-16/h4-9,12,20H,10-11,13,19H2,1-3H3. The van der Waals surface area contributed by atoms with E-state index in [4.69, 9.17) is 15.2 Å². The molecule has 0 heterocycles. The number of ether oxygens (including phenoxy) is 2. The summed E-state index contributed by atoms with van der Waals surface area (Å²) >= 11 is 0. The van der Waals surface area contributed by atoms with Crippen molar-refractivity contribution < 1.29 is 17.9 Å². The van der Waals surface area contributed by atoms with Crippen molar-refractivity contribution in [3.8, 4) is 11.5 Å². The number of rotatable bonds is 9. The van der Waals surface area contributed by atoms with Crippen LogP contribution in [0.15, 0.2) is 47.4 Å². The number of hydrogen-bond acceptors (Lipinski definition) is 6. The second-order valence-corrected chi connectivity index (χ2v) is 7.80. The van der Waals surface area contributed by atoms with Crippen molar-refractivity contribution in [3.05, 3.63) is 48.0 Å². The fraction of sp³-hybridized carbons (Fsp3) is 0.333. The molecule has 2 aromatic rings. The summed E-state index contributed by atoms with van der Waals surface area (Å²) in [6.45, 7) is 1.40. The molecule has 2 aromatic carbocycles. The first kappa shape index (κ1) is 20.0. The Kier molecular flexibility index (Phi) is 6.84. The van der Waals surface area contributed by atoms with Crippen molar-refractivity contribution in [2.75, 3.05) is 40.1 Å². The minimum Gasteiger partial charge on any atom is -0.493 e. The summed E-state index contributed by atoms with van der Waals surface area (Å²) in [5.41, 5.74) is 6.87. The highest BCUT2D eigenvalue weighted by molar-refractivity contribution is 7.89. The second-order valence-electron chi connectivity index (χ2n) is 6.03. The topological polar surface area (TPSA) is 93.9 Å². The highest BCUT2D eigenvalue weighted by Crippen LogP contribution is 2.28. The van der Waals surface area contributed by atoms with E-state index in [0.717, 1.165) is 12.1 Å². The zero-order valence-corrected chi connectivity index (χ0v) is 16.0. The maximum atomic E-state index is 12.4. The molecular formula is C18H25N3O4S. The molecule has 0 saturated heterocycles. The number of nitrogens with zero attached hydrogens (tertiary/aromatic N) is 1. The summed E-state index contributed by atoms with van der Waals surface area (Å²) < 4.78 is 38.3. The Morgan fingerprint density at radius 2 is 1.77 bits per heavy atom. The molecule has 0 spiro atoms. The molecule has 8 heteroatoms. The van der Waals surface area contributed by atoms with E-state index in [1.165, 1.54) is 12.1 Å². The molecule has 0 aliphatic carbocycles. The van der Waals surface area contributed by atoms with Gasteiger partial charge in [0.15, 0.2) is 11.5 Å². The molecule has 0 amide bonds. The van der Waals surface area contributed by atoms with Crippen LogP contribution in [0.3, 0.4) is 0 Å². The molecule has 0 atom stereocenters. The van der Waals surface area contributed by atoms with Gasteiger partial charge in [0.1, 0.15) is 6.61 Å². The number of sulfonamides is 1. The van der Waals surface area contributed by atoms with Gasteiger partial charge in [-0.2, -0.15) is 0 Å². The van der Waals surface area contributed by atoms with E-state index in [1.54, 1.807) is 37.4 Å². The number of nitrogen functional groups attached to an aromatic ring is 1. The van der Waals surface area contributed by atoms with Gasteiger partial charge in [0.2, 0.25) is 10.0 Å². The van der Waals surface area contributed by atoms with Gasteiger partial charge in [-0.05, 0) is 56.1 Å². The largest absolute Gasteiger partial charge is 0.493 e. The van der Waals surface area contributed by atoms with Gasteiger partial charge in [0.25, 0.3) is 0 Å². The number of benzene rings is 2. The number of nitrogens with two attached hydrogens (primary N) is 1. The van der Waals surface area contributed by atoms with Crippen LogP contribution >= 0.6 is 0 Å². The average Bonchev–Trinajstić information content (AvgIpc) is 2.60. The SMILES string of the molecule is COc1ccc(CNS(=O)(=O)c2ccc(N)cc2)cc1OCCN(C)C. The predicted octanol–water partition coefficient (Wildman–Crippen LogP) is 1.70. The van der Waals surface area contributed by atoms with Gasteiger partial charge < -0.3 is 20.1 Å². The summed E-state index contributed by atoms with van der Waals surface area (Å²) in [5.74, 6) is 1.19. The quantitative estimate of drug-likeness (QED) is 0.644. The van der Waals surface area contributed by atoms with Crippen LogP contribution in [0.4, 0.5) is 5.69 Å². The Balaban J connectivity index is 2.07. The monoisotopic (exact) mass is 379 g/mol. The van der Waals surface area contributed by atoms with Crippen LogP contribution in [0, 0.1) is 0 Å². The van der Waals surface area contributed by atoms with Crippen LogP contribution in [0.2, 0.25) is 0 Å². The lowest BCUT2D eigenvalue weighted by Crippen LogP contribution is -2.23. The summed E-state index contributed by atoms with van der Waals surface area (Å²) in [6.07, 6.45) is 0. The van der Waals surface area contributed by atoms with E-state index in [2.05, 4.69) is 4.72 Å². The van der Waals surface area contributed by atoms with E-state index >= 15 is 0 Å². The second kappa shape index (κ2) is 8.88. The van der Waals surface area contributed by atoms with Crippen LogP contribution in [0.5, 0.6) is 11.5 Å². The van der Waals surface area contributed by atoms with Gasteiger partial charge in [-0.1, -0.05) is 6.07 Å².